The Morgan fingerprint density at radius 2 is 1.91 bits per heavy atom. The Morgan fingerprint density at radius 1 is 1.14 bits per heavy atom. The number of amides is 1. The van der Waals surface area contributed by atoms with Crippen LogP contribution in [0, 0.1) is 0 Å². The van der Waals surface area contributed by atoms with Crippen LogP contribution in [0.5, 0.6) is 11.6 Å². The van der Waals surface area contributed by atoms with Crippen LogP contribution in [0.4, 0.5) is 4.79 Å². The van der Waals surface area contributed by atoms with Gasteiger partial charge in [0.25, 0.3) is 0 Å². The molecule has 3 N–H and O–H groups in total. The molecule has 0 unspecified atom stereocenters. The molecule has 0 saturated heterocycles. The SMILES string of the molecule is CC(C)(C)OC(=O)N[C@@H](CO)Cn1nnc(-c2ccc(Oc3ccc(-c4ccn[nH]4)cn3)cc2)n1. The van der Waals surface area contributed by atoms with Gasteiger partial charge in [-0.3, -0.25) is 5.10 Å². The van der Waals surface area contributed by atoms with Crippen molar-refractivity contribution in [2.75, 3.05) is 6.61 Å². The van der Waals surface area contributed by atoms with Gasteiger partial charge in [0, 0.05) is 29.6 Å². The Balaban J connectivity index is 1.35. The molecule has 0 fully saturated rings. The van der Waals surface area contributed by atoms with Gasteiger partial charge in [0.2, 0.25) is 11.7 Å². The van der Waals surface area contributed by atoms with Gasteiger partial charge in [0.05, 0.1) is 24.9 Å². The Bertz CT molecular complexity index is 1230. The zero-order chi connectivity index (χ0) is 24.8. The van der Waals surface area contributed by atoms with Gasteiger partial charge in [0.1, 0.15) is 11.4 Å². The predicted octanol–water partition coefficient (Wildman–Crippen LogP) is 2.80. The number of carbonyl (C=O) groups excluding carboxylic acids is 1. The van der Waals surface area contributed by atoms with Crippen molar-refractivity contribution < 1.29 is 19.4 Å². The van der Waals surface area contributed by atoms with E-state index >= 15 is 0 Å². The van der Waals surface area contributed by atoms with Gasteiger partial charge in [0.15, 0.2) is 0 Å². The number of nitrogens with one attached hydrogen (secondary N) is 2. The predicted molar refractivity (Wildman–Crippen MR) is 125 cm³/mol. The van der Waals surface area contributed by atoms with Crippen molar-refractivity contribution in [3.05, 3.63) is 54.9 Å². The lowest BCUT2D eigenvalue weighted by Crippen LogP contribution is -2.43. The average molecular weight is 479 g/mol. The highest BCUT2D eigenvalue weighted by atomic mass is 16.6. The summed E-state index contributed by atoms with van der Waals surface area (Å²) in [5.74, 6) is 1.45. The topological polar surface area (TPSA) is 153 Å². The van der Waals surface area contributed by atoms with Crippen molar-refractivity contribution in [3.63, 3.8) is 0 Å². The highest BCUT2D eigenvalue weighted by Gasteiger charge is 2.20. The summed E-state index contributed by atoms with van der Waals surface area (Å²) in [5, 5.41) is 31.4. The van der Waals surface area contributed by atoms with Gasteiger partial charge < -0.3 is 19.9 Å². The summed E-state index contributed by atoms with van der Waals surface area (Å²) in [5.41, 5.74) is 1.87. The van der Waals surface area contributed by atoms with Crippen molar-refractivity contribution >= 4 is 6.09 Å². The molecule has 0 radical (unpaired) electrons. The number of nitrogens with zero attached hydrogens (tertiary/aromatic N) is 6. The first-order valence-corrected chi connectivity index (χ1v) is 10.9. The number of pyridine rings is 1. The van der Waals surface area contributed by atoms with Gasteiger partial charge in [-0.25, -0.2) is 9.78 Å². The molecule has 4 rings (SSSR count). The van der Waals surface area contributed by atoms with Crippen molar-refractivity contribution in [1.29, 1.82) is 0 Å². The van der Waals surface area contributed by atoms with E-state index < -0.39 is 17.7 Å². The van der Waals surface area contributed by atoms with Crippen molar-refractivity contribution in [3.8, 4) is 34.3 Å². The Labute approximate surface area is 201 Å². The van der Waals surface area contributed by atoms with E-state index in [4.69, 9.17) is 9.47 Å². The molecule has 3 aromatic heterocycles. The number of tetrazole rings is 1. The van der Waals surface area contributed by atoms with E-state index in [2.05, 4.69) is 35.9 Å². The van der Waals surface area contributed by atoms with E-state index in [9.17, 15) is 9.90 Å². The van der Waals surface area contributed by atoms with Crippen LogP contribution in [0.3, 0.4) is 0 Å². The van der Waals surface area contributed by atoms with Crippen LogP contribution in [0.2, 0.25) is 0 Å². The summed E-state index contributed by atoms with van der Waals surface area (Å²) in [6.45, 7) is 5.11. The maximum atomic E-state index is 11.9. The normalized spacial score (nSPS) is 12.2. The molecule has 4 aromatic rings. The van der Waals surface area contributed by atoms with E-state index in [-0.39, 0.29) is 13.2 Å². The lowest BCUT2D eigenvalue weighted by molar-refractivity contribution is 0.0472. The van der Waals surface area contributed by atoms with E-state index in [1.165, 1.54) is 4.80 Å². The monoisotopic (exact) mass is 478 g/mol. The first kappa shape index (κ1) is 23.8. The summed E-state index contributed by atoms with van der Waals surface area (Å²) >= 11 is 0. The van der Waals surface area contributed by atoms with Crippen LogP contribution in [-0.2, 0) is 11.3 Å². The van der Waals surface area contributed by atoms with E-state index in [0.717, 1.165) is 16.8 Å². The second-order valence-corrected chi connectivity index (χ2v) is 8.68. The Kier molecular flexibility index (Phi) is 7.01. The zero-order valence-corrected chi connectivity index (χ0v) is 19.5. The molecule has 12 nitrogen and oxygen atoms in total. The van der Waals surface area contributed by atoms with Gasteiger partial charge in [-0.05, 0) is 62.4 Å². The zero-order valence-electron chi connectivity index (χ0n) is 19.5. The molecular formula is C23H26N8O4. The quantitative estimate of drug-likeness (QED) is 0.347. The van der Waals surface area contributed by atoms with Crippen LogP contribution < -0.4 is 10.1 Å². The fourth-order valence-electron chi connectivity index (χ4n) is 3.07. The van der Waals surface area contributed by atoms with Gasteiger partial charge in [-0.15, -0.1) is 10.2 Å². The minimum atomic E-state index is -0.641. The van der Waals surface area contributed by atoms with Crippen LogP contribution >= 0.6 is 0 Å². The molecular weight excluding hydrogens is 452 g/mol. The maximum absolute atomic E-state index is 11.9. The summed E-state index contributed by atoms with van der Waals surface area (Å²) in [7, 11) is 0. The minimum absolute atomic E-state index is 0.129. The van der Waals surface area contributed by atoms with Crippen LogP contribution in [-0.4, -0.2) is 64.8 Å². The number of carbonyl (C=O) groups is 1. The molecule has 1 aromatic carbocycles. The number of ether oxygens (including phenoxy) is 2. The number of benzene rings is 1. The highest BCUT2D eigenvalue weighted by Crippen LogP contribution is 2.24. The third-order valence-electron chi connectivity index (χ3n) is 4.66. The number of H-pyrrole nitrogens is 1. The number of hydrogen-bond acceptors (Lipinski definition) is 9. The molecule has 0 aliphatic carbocycles. The van der Waals surface area contributed by atoms with E-state index in [1.807, 2.05) is 12.1 Å². The fourth-order valence-corrected chi connectivity index (χ4v) is 3.07. The first-order chi connectivity index (χ1) is 16.8. The van der Waals surface area contributed by atoms with Gasteiger partial charge in [-0.1, -0.05) is 0 Å². The number of alkyl carbamates (subject to hydrolysis) is 1. The second-order valence-electron chi connectivity index (χ2n) is 8.68. The second kappa shape index (κ2) is 10.3. The van der Waals surface area contributed by atoms with Gasteiger partial charge in [-0.2, -0.15) is 9.90 Å². The number of aromatic nitrogens is 7. The maximum Gasteiger partial charge on any atom is 0.408 e. The molecule has 182 valence electrons. The van der Waals surface area contributed by atoms with E-state index in [1.54, 1.807) is 63.5 Å². The number of hydrogen-bond donors (Lipinski definition) is 3. The smallest absolute Gasteiger partial charge is 0.408 e. The highest BCUT2D eigenvalue weighted by molar-refractivity contribution is 5.68. The first-order valence-electron chi connectivity index (χ1n) is 10.9. The molecule has 0 aliphatic heterocycles. The van der Waals surface area contributed by atoms with E-state index in [0.29, 0.717) is 17.5 Å². The molecule has 0 bridgehead atoms. The third-order valence-corrected chi connectivity index (χ3v) is 4.66. The summed E-state index contributed by atoms with van der Waals surface area (Å²) < 4.78 is 11.0. The molecule has 35 heavy (non-hydrogen) atoms. The van der Waals surface area contributed by atoms with Crippen LogP contribution in [0.1, 0.15) is 20.8 Å². The minimum Gasteiger partial charge on any atom is -0.444 e. The van der Waals surface area contributed by atoms with Crippen LogP contribution in [0.25, 0.3) is 22.6 Å². The van der Waals surface area contributed by atoms with Crippen molar-refractivity contribution in [1.82, 2.24) is 40.7 Å². The fraction of sp³-hybridized carbons (Fsp3) is 0.304. The largest absolute Gasteiger partial charge is 0.444 e. The lowest BCUT2D eigenvalue weighted by atomic mass is 10.2. The number of aliphatic hydroxyl groups excluding tert-OH is 1. The molecule has 1 atom stereocenters. The lowest BCUT2D eigenvalue weighted by Gasteiger charge is -2.22. The third kappa shape index (κ3) is 6.60. The summed E-state index contributed by atoms with van der Waals surface area (Å²) in [4.78, 5) is 17.6. The molecule has 0 spiro atoms. The van der Waals surface area contributed by atoms with Crippen LogP contribution in [0.15, 0.2) is 54.9 Å². The summed E-state index contributed by atoms with van der Waals surface area (Å²) in [6, 6.07) is 12.1. The molecule has 1 amide bonds. The molecule has 0 aliphatic rings. The Morgan fingerprint density at radius 3 is 2.54 bits per heavy atom. The summed E-state index contributed by atoms with van der Waals surface area (Å²) in [6.07, 6.45) is 2.76. The van der Waals surface area contributed by atoms with Gasteiger partial charge >= 0.3 is 6.09 Å². The average Bonchev–Trinajstić information content (AvgIpc) is 3.51. The standard InChI is InChI=1S/C23H26N8O4/c1-23(2,3)35-22(33)26-17(14-32)13-31-29-21(28-30-31)15-4-7-18(8-5-15)34-20-9-6-16(12-24-20)19-10-11-25-27-19/h4-12,17,32H,13-14H2,1-3H3,(H,25,27)(H,26,33)/t17-/m1/s1. The number of rotatable bonds is 8. The molecule has 0 saturated carbocycles. The number of aliphatic hydroxyl groups is 1. The number of aromatic amines is 1. The van der Waals surface area contributed by atoms with Crippen molar-refractivity contribution in [2.24, 2.45) is 0 Å². The van der Waals surface area contributed by atoms with Crippen molar-refractivity contribution in [2.45, 2.75) is 39.0 Å². The Hall–Kier alpha value is -4.32. The molecule has 3 heterocycles. The molecule has 12 heteroatoms.